The average molecular weight is 198 g/mol. The number of aryl methyl sites for hydroxylation is 1. The molecule has 1 rings (SSSR count). The number of phenolic OH excluding ortho intramolecular Hbond substituents is 1. The Hall–Kier alpha value is -0.830. The van der Waals surface area contributed by atoms with Gasteiger partial charge in [0.2, 0.25) is 0 Å². The first-order valence-electron chi connectivity index (χ1n) is 4.24. The van der Waals surface area contributed by atoms with Gasteiger partial charge in [0.15, 0.2) is 0 Å². The topological polar surface area (TPSA) is 29.5 Å². The second-order valence-electron chi connectivity index (χ2n) is 2.82. The lowest BCUT2D eigenvalue weighted by molar-refractivity contribution is 0.410. The van der Waals surface area contributed by atoms with E-state index in [1.165, 1.54) is 0 Å². The summed E-state index contributed by atoms with van der Waals surface area (Å²) >= 11 is 4.12. The van der Waals surface area contributed by atoms with E-state index in [2.05, 4.69) is 12.6 Å². The fraction of sp³-hybridized carbons (Fsp3) is 0.400. The molecule has 13 heavy (non-hydrogen) atoms. The first kappa shape index (κ1) is 10.3. The van der Waals surface area contributed by atoms with Gasteiger partial charge in [0.05, 0.1) is 7.11 Å². The fourth-order valence-electron chi connectivity index (χ4n) is 1.16. The van der Waals surface area contributed by atoms with Gasteiger partial charge < -0.3 is 9.84 Å². The Labute approximate surface area is 84.0 Å². The van der Waals surface area contributed by atoms with Gasteiger partial charge in [0, 0.05) is 0 Å². The zero-order chi connectivity index (χ0) is 9.68. The van der Waals surface area contributed by atoms with E-state index in [0.29, 0.717) is 5.75 Å². The zero-order valence-electron chi connectivity index (χ0n) is 7.66. The largest absolute Gasteiger partial charge is 0.508 e. The van der Waals surface area contributed by atoms with Crippen LogP contribution in [-0.4, -0.2) is 18.0 Å². The van der Waals surface area contributed by atoms with Crippen molar-refractivity contribution in [1.82, 2.24) is 0 Å². The van der Waals surface area contributed by atoms with Gasteiger partial charge in [-0.25, -0.2) is 0 Å². The molecule has 3 heteroatoms. The van der Waals surface area contributed by atoms with Gasteiger partial charge in [-0.05, 0) is 42.4 Å². The van der Waals surface area contributed by atoms with Gasteiger partial charge in [-0.1, -0.05) is 0 Å². The molecule has 0 aromatic heterocycles. The fourth-order valence-corrected chi connectivity index (χ4v) is 1.32. The molecule has 0 aliphatic rings. The van der Waals surface area contributed by atoms with Crippen LogP contribution in [0.4, 0.5) is 0 Å². The Balaban J connectivity index is 2.78. The van der Waals surface area contributed by atoms with Crippen molar-refractivity contribution in [3.63, 3.8) is 0 Å². The van der Waals surface area contributed by atoms with E-state index in [1.807, 2.05) is 6.07 Å². The quantitative estimate of drug-likeness (QED) is 0.727. The van der Waals surface area contributed by atoms with Crippen LogP contribution in [0.2, 0.25) is 0 Å². The minimum Gasteiger partial charge on any atom is -0.508 e. The Kier molecular flexibility index (Phi) is 3.96. The van der Waals surface area contributed by atoms with Gasteiger partial charge in [-0.3, -0.25) is 0 Å². The molecule has 0 radical (unpaired) electrons. The van der Waals surface area contributed by atoms with Crippen molar-refractivity contribution in [1.29, 1.82) is 0 Å². The third-order valence-electron chi connectivity index (χ3n) is 1.89. The summed E-state index contributed by atoms with van der Waals surface area (Å²) < 4.78 is 5.06. The number of ether oxygens (including phenoxy) is 1. The van der Waals surface area contributed by atoms with Gasteiger partial charge in [0.1, 0.15) is 11.5 Å². The summed E-state index contributed by atoms with van der Waals surface area (Å²) in [6, 6.07) is 5.27. The molecule has 0 amide bonds. The van der Waals surface area contributed by atoms with E-state index < -0.39 is 0 Å². The predicted molar refractivity (Wildman–Crippen MR) is 56.8 cm³/mol. The number of aromatic hydroxyl groups is 1. The number of benzene rings is 1. The second-order valence-corrected chi connectivity index (χ2v) is 3.27. The summed E-state index contributed by atoms with van der Waals surface area (Å²) in [4.78, 5) is 0. The van der Waals surface area contributed by atoms with Crippen molar-refractivity contribution in [2.24, 2.45) is 0 Å². The molecule has 0 bridgehead atoms. The molecule has 0 aliphatic carbocycles. The molecule has 0 unspecified atom stereocenters. The van der Waals surface area contributed by atoms with Crippen LogP contribution in [-0.2, 0) is 6.42 Å². The number of thiol groups is 1. The van der Waals surface area contributed by atoms with Gasteiger partial charge >= 0.3 is 0 Å². The molecule has 1 N–H and O–H groups in total. The van der Waals surface area contributed by atoms with Crippen molar-refractivity contribution >= 4 is 12.6 Å². The zero-order valence-corrected chi connectivity index (χ0v) is 8.55. The Bertz CT molecular complexity index is 274. The van der Waals surface area contributed by atoms with E-state index >= 15 is 0 Å². The number of phenols is 1. The minimum absolute atomic E-state index is 0.336. The van der Waals surface area contributed by atoms with Crippen LogP contribution < -0.4 is 4.74 Å². The molecule has 2 nitrogen and oxygen atoms in total. The monoisotopic (exact) mass is 198 g/mol. The SMILES string of the molecule is COc1ccc(O)c(CCCS)c1. The van der Waals surface area contributed by atoms with Crippen molar-refractivity contribution < 1.29 is 9.84 Å². The van der Waals surface area contributed by atoms with Gasteiger partial charge in [0.25, 0.3) is 0 Å². The standard InChI is InChI=1S/C10H14O2S/c1-12-9-4-5-10(11)8(7-9)3-2-6-13/h4-5,7,11,13H,2-3,6H2,1H3. The smallest absolute Gasteiger partial charge is 0.119 e. The molecular formula is C10H14O2S. The highest BCUT2D eigenvalue weighted by molar-refractivity contribution is 7.80. The lowest BCUT2D eigenvalue weighted by Crippen LogP contribution is -1.89. The highest BCUT2D eigenvalue weighted by Gasteiger charge is 2.01. The molecule has 0 saturated heterocycles. The van der Waals surface area contributed by atoms with E-state index in [4.69, 9.17) is 4.74 Å². The van der Waals surface area contributed by atoms with Crippen molar-refractivity contribution in [2.75, 3.05) is 12.9 Å². The van der Waals surface area contributed by atoms with Crippen molar-refractivity contribution in [3.8, 4) is 11.5 Å². The number of rotatable bonds is 4. The Morgan fingerprint density at radius 3 is 2.85 bits per heavy atom. The summed E-state index contributed by atoms with van der Waals surface area (Å²) in [5, 5.41) is 9.48. The Morgan fingerprint density at radius 2 is 2.23 bits per heavy atom. The van der Waals surface area contributed by atoms with Crippen LogP contribution in [0.3, 0.4) is 0 Å². The van der Waals surface area contributed by atoms with Crippen LogP contribution >= 0.6 is 12.6 Å². The molecule has 0 spiro atoms. The molecule has 0 saturated carbocycles. The average Bonchev–Trinajstić information content (AvgIpc) is 2.17. The van der Waals surface area contributed by atoms with Gasteiger partial charge in [-0.2, -0.15) is 12.6 Å². The highest BCUT2D eigenvalue weighted by atomic mass is 32.1. The summed E-state index contributed by atoms with van der Waals surface area (Å²) in [7, 11) is 1.62. The van der Waals surface area contributed by atoms with E-state index in [0.717, 1.165) is 29.9 Å². The van der Waals surface area contributed by atoms with Crippen LogP contribution in [0.5, 0.6) is 11.5 Å². The number of methoxy groups -OCH3 is 1. The molecular weight excluding hydrogens is 184 g/mol. The van der Waals surface area contributed by atoms with Crippen molar-refractivity contribution in [2.45, 2.75) is 12.8 Å². The maximum Gasteiger partial charge on any atom is 0.119 e. The molecule has 0 fully saturated rings. The lowest BCUT2D eigenvalue weighted by atomic mass is 10.1. The normalized spacial score (nSPS) is 10.0. The Morgan fingerprint density at radius 1 is 1.46 bits per heavy atom. The molecule has 0 aliphatic heterocycles. The summed E-state index contributed by atoms with van der Waals surface area (Å²) in [5.41, 5.74) is 0.924. The molecule has 0 heterocycles. The van der Waals surface area contributed by atoms with Crippen LogP contribution in [0.15, 0.2) is 18.2 Å². The third kappa shape index (κ3) is 2.84. The predicted octanol–water partition coefficient (Wildman–Crippen LogP) is 2.26. The minimum atomic E-state index is 0.336. The molecule has 1 aromatic carbocycles. The highest BCUT2D eigenvalue weighted by Crippen LogP contribution is 2.23. The summed E-state index contributed by atoms with van der Waals surface area (Å²) in [6.45, 7) is 0. The van der Waals surface area contributed by atoms with E-state index in [-0.39, 0.29) is 0 Å². The number of hydrogen-bond donors (Lipinski definition) is 2. The molecule has 1 aromatic rings. The molecule has 0 atom stereocenters. The summed E-state index contributed by atoms with van der Waals surface area (Å²) in [6.07, 6.45) is 1.80. The first-order valence-corrected chi connectivity index (χ1v) is 4.88. The van der Waals surface area contributed by atoms with E-state index in [1.54, 1.807) is 19.2 Å². The lowest BCUT2D eigenvalue weighted by Gasteiger charge is -2.05. The van der Waals surface area contributed by atoms with Crippen LogP contribution in [0.25, 0.3) is 0 Å². The number of hydrogen-bond acceptors (Lipinski definition) is 3. The third-order valence-corrected chi connectivity index (χ3v) is 2.21. The molecule has 72 valence electrons. The van der Waals surface area contributed by atoms with Crippen LogP contribution in [0.1, 0.15) is 12.0 Å². The van der Waals surface area contributed by atoms with Gasteiger partial charge in [-0.15, -0.1) is 0 Å². The maximum atomic E-state index is 9.48. The van der Waals surface area contributed by atoms with Crippen LogP contribution in [0, 0.1) is 0 Å². The van der Waals surface area contributed by atoms with Crippen molar-refractivity contribution in [3.05, 3.63) is 23.8 Å². The van der Waals surface area contributed by atoms with E-state index in [9.17, 15) is 5.11 Å². The second kappa shape index (κ2) is 5.02. The first-order chi connectivity index (χ1) is 6.27. The maximum absolute atomic E-state index is 9.48. The summed E-state index contributed by atoms with van der Waals surface area (Å²) in [5.74, 6) is 1.95.